The Hall–Kier alpha value is -2.49. The Morgan fingerprint density at radius 2 is 1.83 bits per heavy atom. The van der Waals surface area contributed by atoms with Gasteiger partial charge in [-0.15, -0.1) is 0 Å². The maximum Gasteiger partial charge on any atom is 0.186 e. The predicted molar refractivity (Wildman–Crippen MR) is 90.1 cm³/mol. The van der Waals surface area contributed by atoms with Gasteiger partial charge in [0.15, 0.2) is 17.3 Å². The van der Waals surface area contributed by atoms with Crippen molar-refractivity contribution in [2.75, 3.05) is 13.2 Å². The highest BCUT2D eigenvalue weighted by atomic mass is 16.5. The van der Waals surface area contributed by atoms with Crippen LogP contribution in [0.2, 0.25) is 0 Å². The van der Waals surface area contributed by atoms with E-state index < -0.39 is 0 Å². The molecular weight excluding hydrogens is 292 g/mol. The van der Waals surface area contributed by atoms with Crippen molar-refractivity contribution < 1.29 is 18.7 Å². The molecule has 0 saturated carbocycles. The third kappa shape index (κ3) is 5.02. The predicted octanol–water partition coefficient (Wildman–Crippen LogP) is 4.75. The zero-order valence-corrected chi connectivity index (χ0v) is 13.6. The summed E-state index contributed by atoms with van der Waals surface area (Å²) in [5.74, 6) is 1.82. The van der Waals surface area contributed by atoms with Crippen LogP contribution in [-0.4, -0.2) is 19.0 Å². The van der Waals surface area contributed by atoms with E-state index in [9.17, 15) is 4.79 Å². The second-order valence-electron chi connectivity index (χ2n) is 5.07. The third-order valence-corrected chi connectivity index (χ3v) is 3.09. The zero-order chi connectivity index (χ0) is 16.5. The third-order valence-electron chi connectivity index (χ3n) is 3.09. The van der Waals surface area contributed by atoms with Gasteiger partial charge in [-0.2, -0.15) is 0 Å². The molecule has 0 aliphatic heterocycles. The quantitative estimate of drug-likeness (QED) is 0.495. The van der Waals surface area contributed by atoms with Gasteiger partial charge in [0.2, 0.25) is 0 Å². The van der Waals surface area contributed by atoms with Gasteiger partial charge in [0.05, 0.1) is 19.5 Å². The zero-order valence-electron chi connectivity index (χ0n) is 13.6. The molecule has 23 heavy (non-hydrogen) atoms. The van der Waals surface area contributed by atoms with Crippen molar-refractivity contribution in [1.82, 2.24) is 0 Å². The van der Waals surface area contributed by atoms with Crippen LogP contribution in [0.4, 0.5) is 0 Å². The highest BCUT2D eigenvalue weighted by Gasteiger charge is 2.10. The summed E-state index contributed by atoms with van der Waals surface area (Å²) in [6, 6.07) is 8.84. The normalized spacial score (nSPS) is 10.9. The fraction of sp³-hybridized carbons (Fsp3) is 0.316. The maximum atomic E-state index is 12.3. The lowest BCUT2D eigenvalue weighted by molar-refractivity contribution is 0.104. The first kappa shape index (κ1) is 16.9. The second-order valence-corrected chi connectivity index (χ2v) is 5.07. The minimum Gasteiger partial charge on any atom is -0.490 e. The van der Waals surface area contributed by atoms with E-state index in [0.29, 0.717) is 36.0 Å². The van der Waals surface area contributed by atoms with Gasteiger partial charge in [0, 0.05) is 5.56 Å². The van der Waals surface area contributed by atoms with Crippen molar-refractivity contribution in [2.24, 2.45) is 0 Å². The summed E-state index contributed by atoms with van der Waals surface area (Å²) in [7, 11) is 0. The van der Waals surface area contributed by atoms with Crippen molar-refractivity contribution in [3.05, 3.63) is 54.0 Å². The first-order valence-electron chi connectivity index (χ1n) is 7.90. The number of carbonyl (C=O) groups excluding carboxylic acids is 1. The molecule has 122 valence electrons. The number of hydrogen-bond acceptors (Lipinski definition) is 4. The largest absolute Gasteiger partial charge is 0.490 e. The molecule has 0 N–H and O–H groups in total. The number of hydrogen-bond donors (Lipinski definition) is 0. The molecule has 0 saturated heterocycles. The van der Waals surface area contributed by atoms with Crippen LogP contribution >= 0.6 is 0 Å². The number of benzene rings is 1. The monoisotopic (exact) mass is 314 g/mol. The summed E-state index contributed by atoms with van der Waals surface area (Å²) in [5.41, 5.74) is 0.558. The average Bonchev–Trinajstić information content (AvgIpc) is 3.09. The minimum atomic E-state index is -0.107. The van der Waals surface area contributed by atoms with Crippen molar-refractivity contribution in [3.63, 3.8) is 0 Å². The topological polar surface area (TPSA) is 48.7 Å². The van der Waals surface area contributed by atoms with Crippen LogP contribution in [0.15, 0.2) is 47.1 Å². The van der Waals surface area contributed by atoms with Crippen LogP contribution in [0.1, 0.15) is 42.8 Å². The van der Waals surface area contributed by atoms with Crippen LogP contribution in [0, 0.1) is 0 Å². The molecule has 1 aromatic heterocycles. The fourth-order valence-corrected chi connectivity index (χ4v) is 1.96. The first-order valence-corrected chi connectivity index (χ1v) is 7.90. The smallest absolute Gasteiger partial charge is 0.186 e. The molecule has 0 atom stereocenters. The van der Waals surface area contributed by atoms with Gasteiger partial charge in [-0.1, -0.05) is 13.8 Å². The van der Waals surface area contributed by atoms with Crippen molar-refractivity contribution in [2.45, 2.75) is 26.7 Å². The van der Waals surface area contributed by atoms with Crippen LogP contribution in [-0.2, 0) is 0 Å². The Bertz CT molecular complexity index is 641. The summed E-state index contributed by atoms with van der Waals surface area (Å²) in [5, 5.41) is 0. The number of carbonyl (C=O) groups is 1. The second kappa shape index (κ2) is 8.83. The summed E-state index contributed by atoms with van der Waals surface area (Å²) in [6.07, 6.45) is 6.52. The minimum absolute atomic E-state index is 0.107. The molecule has 0 radical (unpaired) electrons. The van der Waals surface area contributed by atoms with E-state index in [2.05, 4.69) is 0 Å². The Morgan fingerprint density at radius 1 is 1.09 bits per heavy atom. The standard InChI is InChI=1S/C19H22O4/c1-3-11-22-18-10-7-15(14-19(18)23-12-4-2)17(20)9-8-16-6-5-13-21-16/h5-10,13-14H,3-4,11-12H2,1-2H3/b9-8+. The van der Waals surface area contributed by atoms with Gasteiger partial charge in [-0.05, 0) is 55.3 Å². The van der Waals surface area contributed by atoms with Gasteiger partial charge in [-0.3, -0.25) is 4.79 Å². The van der Waals surface area contributed by atoms with Crippen molar-refractivity contribution >= 4 is 11.9 Å². The van der Waals surface area contributed by atoms with Gasteiger partial charge in [-0.25, -0.2) is 0 Å². The van der Waals surface area contributed by atoms with E-state index in [1.54, 1.807) is 42.7 Å². The number of rotatable bonds is 9. The molecule has 0 aliphatic rings. The van der Waals surface area contributed by atoms with Gasteiger partial charge < -0.3 is 13.9 Å². The lowest BCUT2D eigenvalue weighted by Gasteiger charge is -2.12. The van der Waals surface area contributed by atoms with Gasteiger partial charge in [0.1, 0.15) is 5.76 Å². The molecule has 0 amide bonds. The van der Waals surface area contributed by atoms with Crippen LogP contribution < -0.4 is 9.47 Å². The van der Waals surface area contributed by atoms with Gasteiger partial charge >= 0.3 is 0 Å². The van der Waals surface area contributed by atoms with Crippen LogP contribution in [0.3, 0.4) is 0 Å². The molecule has 0 spiro atoms. The summed E-state index contributed by atoms with van der Waals surface area (Å²) < 4.78 is 16.5. The van der Waals surface area contributed by atoms with E-state index >= 15 is 0 Å². The molecule has 0 unspecified atom stereocenters. The summed E-state index contributed by atoms with van der Waals surface area (Å²) in [4.78, 5) is 12.3. The van der Waals surface area contributed by atoms with E-state index in [-0.39, 0.29) is 5.78 Å². The SMILES string of the molecule is CCCOc1ccc(C(=O)/C=C/c2ccco2)cc1OCCC. The van der Waals surface area contributed by atoms with E-state index in [0.717, 1.165) is 12.8 Å². The van der Waals surface area contributed by atoms with Crippen molar-refractivity contribution in [1.29, 1.82) is 0 Å². The molecule has 4 heteroatoms. The molecule has 1 aromatic carbocycles. The fourth-order valence-electron chi connectivity index (χ4n) is 1.96. The first-order chi connectivity index (χ1) is 11.2. The Morgan fingerprint density at radius 3 is 2.48 bits per heavy atom. The molecule has 0 aliphatic carbocycles. The summed E-state index contributed by atoms with van der Waals surface area (Å²) >= 11 is 0. The van der Waals surface area contributed by atoms with E-state index in [1.807, 2.05) is 13.8 Å². The number of furan rings is 1. The highest BCUT2D eigenvalue weighted by molar-refractivity contribution is 6.07. The van der Waals surface area contributed by atoms with Gasteiger partial charge in [0.25, 0.3) is 0 Å². The maximum absolute atomic E-state index is 12.3. The lowest BCUT2D eigenvalue weighted by Crippen LogP contribution is -2.03. The molecule has 4 nitrogen and oxygen atoms in total. The molecule has 0 fully saturated rings. The molecule has 2 aromatic rings. The Kier molecular flexibility index (Phi) is 6.48. The lowest BCUT2D eigenvalue weighted by atomic mass is 10.1. The van der Waals surface area contributed by atoms with Crippen LogP contribution in [0.25, 0.3) is 6.08 Å². The molecular formula is C19H22O4. The highest BCUT2D eigenvalue weighted by Crippen LogP contribution is 2.29. The summed E-state index contributed by atoms with van der Waals surface area (Å²) in [6.45, 7) is 5.29. The number of ether oxygens (including phenoxy) is 2. The molecule has 1 heterocycles. The molecule has 0 bridgehead atoms. The van der Waals surface area contributed by atoms with Crippen LogP contribution in [0.5, 0.6) is 11.5 Å². The molecule has 2 rings (SSSR count). The number of ketones is 1. The Balaban J connectivity index is 2.15. The van der Waals surface area contributed by atoms with E-state index in [1.165, 1.54) is 6.08 Å². The van der Waals surface area contributed by atoms with Crippen molar-refractivity contribution in [3.8, 4) is 11.5 Å². The average molecular weight is 314 g/mol. The Labute approximate surface area is 136 Å². The van der Waals surface area contributed by atoms with E-state index in [4.69, 9.17) is 13.9 Å². The number of allylic oxidation sites excluding steroid dienone is 1.